The molecule has 7 nitrogen and oxygen atoms in total. The lowest BCUT2D eigenvalue weighted by Gasteiger charge is -2.14. The SMILES string of the molecule is O=C1CN(C2CC2)C(=O)N1Cc1noc(-c2ccc(Cl)cc2)n1. The lowest BCUT2D eigenvalue weighted by Crippen LogP contribution is -2.34. The monoisotopic (exact) mass is 332 g/mol. The van der Waals surface area contributed by atoms with E-state index >= 15 is 0 Å². The summed E-state index contributed by atoms with van der Waals surface area (Å²) in [6, 6.07) is 6.92. The van der Waals surface area contributed by atoms with Crippen LogP contribution in [0.3, 0.4) is 0 Å². The molecule has 2 heterocycles. The summed E-state index contributed by atoms with van der Waals surface area (Å²) in [5, 5.41) is 4.46. The Hall–Kier alpha value is -2.41. The molecule has 1 aromatic carbocycles. The summed E-state index contributed by atoms with van der Waals surface area (Å²) in [4.78, 5) is 31.3. The third-order valence-corrected chi connectivity index (χ3v) is 4.18. The molecule has 2 fully saturated rings. The van der Waals surface area contributed by atoms with E-state index < -0.39 is 0 Å². The lowest BCUT2D eigenvalue weighted by molar-refractivity contribution is -0.125. The van der Waals surface area contributed by atoms with Gasteiger partial charge in [0.1, 0.15) is 6.54 Å². The van der Waals surface area contributed by atoms with Gasteiger partial charge in [0, 0.05) is 16.6 Å². The summed E-state index contributed by atoms with van der Waals surface area (Å²) in [5.41, 5.74) is 0.729. The van der Waals surface area contributed by atoms with Crippen molar-refractivity contribution < 1.29 is 14.1 Å². The number of benzene rings is 1. The topological polar surface area (TPSA) is 79.5 Å². The fraction of sp³-hybridized carbons (Fsp3) is 0.333. The summed E-state index contributed by atoms with van der Waals surface area (Å²) < 4.78 is 5.19. The Morgan fingerprint density at radius 1 is 1.22 bits per heavy atom. The third-order valence-electron chi connectivity index (χ3n) is 3.93. The van der Waals surface area contributed by atoms with Crippen molar-refractivity contribution in [3.05, 3.63) is 35.1 Å². The van der Waals surface area contributed by atoms with E-state index in [4.69, 9.17) is 16.1 Å². The second kappa shape index (κ2) is 5.34. The largest absolute Gasteiger partial charge is 0.334 e. The van der Waals surface area contributed by atoms with Gasteiger partial charge in [0.15, 0.2) is 5.82 Å². The van der Waals surface area contributed by atoms with Crippen LogP contribution in [-0.2, 0) is 11.3 Å². The van der Waals surface area contributed by atoms with Crippen LogP contribution in [-0.4, -0.2) is 44.5 Å². The quantitative estimate of drug-likeness (QED) is 0.803. The summed E-state index contributed by atoms with van der Waals surface area (Å²) in [5.74, 6) is 0.406. The summed E-state index contributed by atoms with van der Waals surface area (Å²) >= 11 is 5.84. The molecule has 0 unspecified atom stereocenters. The Balaban J connectivity index is 1.50. The van der Waals surface area contributed by atoms with Gasteiger partial charge in [-0.3, -0.25) is 9.69 Å². The highest BCUT2D eigenvalue weighted by Crippen LogP contribution is 2.30. The molecule has 1 aliphatic carbocycles. The van der Waals surface area contributed by atoms with Gasteiger partial charge in [0.25, 0.3) is 11.8 Å². The van der Waals surface area contributed by atoms with Crippen LogP contribution < -0.4 is 0 Å². The van der Waals surface area contributed by atoms with E-state index in [9.17, 15) is 9.59 Å². The molecule has 0 radical (unpaired) electrons. The van der Waals surface area contributed by atoms with Gasteiger partial charge in [0.2, 0.25) is 0 Å². The number of aromatic nitrogens is 2. The molecule has 23 heavy (non-hydrogen) atoms. The number of rotatable bonds is 4. The van der Waals surface area contributed by atoms with E-state index in [2.05, 4.69) is 10.1 Å². The molecule has 0 bridgehead atoms. The molecule has 8 heteroatoms. The first-order valence-corrected chi connectivity index (χ1v) is 7.69. The summed E-state index contributed by atoms with van der Waals surface area (Å²) in [7, 11) is 0. The van der Waals surface area contributed by atoms with Crippen LogP contribution >= 0.6 is 11.6 Å². The minimum atomic E-state index is -0.268. The van der Waals surface area contributed by atoms with E-state index in [1.54, 1.807) is 29.2 Å². The van der Waals surface area contributed by atoms with Crippen molar-refractivity contribution in [2.45, 2.75) is 25.4 Å². The first kappa shape index (κ1) is 14.2. The number of hydrogen-bond acceptors (Lipinski definition) is 5. The Morgan fingerprint density at radius 3 is 2.65 bits per heavy atom. The van der Waals surface area contributed by atoms with E-state index in [1.807, 2.05) is 0 Å². The van der Waals surface area contributed by atoms with Crippen LogP contribution in [0.5, 0.6) is 0 Å². The zero-order valence-electron chi connectivity index (χ0n) is 12.1. The predicted octanol–water partition coefficient (Wildman–Crippen LogP) is 2.32. The van der Waals surface area contributed by atoms with Crippen LogP contribution in [0, 0.1) is 0 Å². The Labute approximate surface area is 136 Å². The second-order valence-corrected chi connectivity index (χ2v) is 6.08. The van der Waals surface area contributed by atoms with Gasteiger partial charge in [-0.05, 0) is 37.1 Å². The van der Waals surface area contributed by atoms with Crippen molar-refractivity contribution in [3.8, 4) is 11.5 Å². The average molecular weight is 333 g/mol. The van der Waals surface area contributed by atoms with E-state index in [0.717, 1.165) is 18.4 Å². The molecule has 0 N–H and O–H groups in total. The molecule has 1 saturated carbocycles. The van der Waals surface area contributed by atoms with Crippen molar-refractivity contribution in [1.82, 2.24) is 19.9 Å². The zero-order valence-corrected chi connectivity index (χ0v) is 12.9. The predicted molar refractivity (Wildman–Crippen MR) is 80.4 cm³/mol. The van der Waals surface area contributed by atoms with Crippen molar-refractivity contribution >= 4 is 23.5 Å². The number of carbonyl (C=O) groups excluding carboxylic acids is 2. The molecule has 4 rings (SSSR count). The van der Waals surface area contributed by atoms with Gasteiger partial charge in [-0.2, -0.15) is 4.98 Å². The van der Waals surface area contributed by atoms with Crippen LogP contribution in [0.15, 0.2) is 28.8 Å². The van der Waals surface area contributed by atoms with Crippen molar-refractivity contribution in [1.29, 1.82) is 0 Å². The lowest BCUT2D eigenvalue weighted by atomic mass is 10.2. The smallest absolute Gasteiger partial charge is 0.327 e. The molecule has 1 aromatic heterocycles. The van der Waals surface area contributed by atoms with Gasteiger partial charge in [-0.25, -0.2) is 4.79 Å². The number of hydrogen-bond donors (Lipinski definition) is 0. The van der Waals surface area contributed by atoms with Crippen LogP contribution in [0.4, 0.5) is 4.79 Å². The molecular weight excluding hydrogens is 320 g/mol. The number of imide groups is 1. The molecule has 0 spiro atoms. The van der Waals surface area contributed by atoms with Gasteiger partial charge in [-0.1, -0.05) is 16.8 Å². The molecule has 1 saturated heterocycles. The van der Waals surface area contributed by atoms with E-state index in [-0.39, 0.29) is 31.1 Å². The summed E-state index contributed by atoms with van der Waals surface area (Å²) in [6.45, 7) is 0.170. The molecule has 2 aromatic rings. The number of nitrogens with zero attached hydrogens (tertiary/aromatic N) is 4. The molecule has 2 aliphatic rings. The minimum absolute atomic E-state index is 0.0258. The number of amides is 3. The number of urea groups is 1. The van der Waals surface area contributed by atoms with Crippen LogP contribution in [0.1, 0.15) is 18.7 Å². The molecule has 3 amide bonds. The Morgan fingerprint density at radius 2 is 1.96 bits per heavy atom. The molecule has 0 atom stereocenters. The number of carbonyl (C=O) groups is 2. The first-order chi connectivity index (χ1) is 11.1. The highest BCUT2D eigenvalue weighted by molar-refractivity contribution is 6.30. The highest BCUT2D eigenvalue weighted by Gasteiger charge is 2.44. The minimum Gasteiger partial charge on any atom is -0.334 e. The zero-order chi connectivity index (χ0) is 16.0. The Bertz CT molecular complexity index is 769. The van der Waals surface area contributed by atoms with Gasteiger partial charge in [-0.15, -0.1) is 0 Å². The maximum Gasteiger partial charge on any atom is 0.327 e. The van der Waals surface area contributed by atoms with Crippen LogP contribution in [0.2, 0.25) is 5.02 Å². The first-order valence-electron chi connectivity index (χ1n) is 7.31. The fourth-order valence-electron chi connectivity index (χ4n) is 2.56. The summed E-state index contributed by atoms with van der Waals surface area (Å²) in [6.07, 6.45) is 1.94. The van der Waals surface area contributed by atoms with Crippen molar-refractivity contribution in [3.63, 3.8) is 0 Å². The van der Waals surface area contributed by atoms with E-state index in [0.29, 0.717) is 16.7 Å². The van der Waals surface area contributed by atoms with Crippen molar-refractivity contribution in [2.24, 2.45) is 0 Å². The maximum atomic E-state index is 12.2. The highest BCUT2D eigenvalue weighted by atomic mass is 35.5. The molecule has 1 aliphatic heterocycles. The van der Waals surface area contributed by atoms with Crippen molar-refractivity contribution in [2.75, 3.05) is 6.54 Å². The van der Waals surface area contributed by atoms with Gasteiger partial charge < -0.3 is 9.42 Å². The van der Waals surface area contributed by atoms with Gasteiger partial charge >= 0.3 is 6.03 Å². The standard InChI is InChI=1S/C15H13ClN4O3/c16-10-3-1-9(2-4-10)14-17-12(18-23-14)7-20-13(21)8-19(15(20)22)11-5-6-11/h1-4,11H,5-8H2. The normalized spacial score (nSPS) is 18.1. The van der Waals surface area contributed by atoms with Gasteiger partial charge in [0.05, 0.1) is 6.54 Å². The average Bonchev–Trinajstić information content (AvgIpc) is 3.22. The fourth-order valence-corrected chi connectivity index (χ4v) is 2.68. The molecular formula is C15H13ClN4O3. The molecule has 118 valence electrons. The maximum absolute atomic E-state index is 12.2. The number of halogens is 1. The van der Waals surface area contributed by atoms with E-state index in [1.165, 1.54) is 4.90 Å². The Kier molecular flexibility index (Phi) is 3.30. The third kappa shape index (κ3) is 2.68. The van der Waals surface area contributed by atoms with Crippen LogP contribution in [0.25, 0.3) is 11.5 Å². The second-order valence-electron chi connectivity index (χ2n) is 5.64.